The van der Waals surface area contributed by atoms with Crippen molar-refractivity contribution in [2.75, 3.05) is 6.54 Å². The number of carbonyl (C=O) groups excluding carboxylic acids is 1. The molecule has 0 bridgehead atoms. The third-order valence-corrected chi connectivity index (χ3v) is 4.86. The Morgan fingerprint density at radius 1 is 1.17 bits per heavy atom. The molecule has 3 rings (SSSR count). The molecule has 0 aromatic heterocycles. The van der Waals surface area contributed by atoms with Gasteiger partial charge in [-0.2, -0.15) is 0 Å². The maximum Gasteiger partial charge on any atom is 0.254 e. The fourth-order valence-electron chi connectivity index (χ4n) is 3.18. The highest BCUT2D eigenvalue weighted by Gasteiger charge is 2.29. The summed E-state index contributed by atoms with van der Waals surface area (Å²) in [6.45, 7) is 1.31. The lowest BCUT2D eigenvalue weighted by atomic mass is 10.0. The van der Waals surface area contributed by atoms with Crippen LogP contribution in [0.4, 0.5) is 0 Å². The smallest absolute Gasteiger partial charge is 0.254 e. The van der Waals surface area contributed by atoms with E-state index in [1.807, 2.05) is 53.4 Å². The van der Waals surface area contributed by atoms with Crippen molar-refractivity contribution >= 4 is 17.5 Å². The van der Waals surface area contributed by atoms with E-state index in [0.29, 0.717) is 6.54 Å². The molecule has 1 fully saturated rings. The Morgan fingerprint density at radius 3 is 2.61 bits per heavy atom. The SMILES string of the molecule is NCc1ccc(C(=O)N2CCCC2Cc2ccccc2Cl)cc1. The molecule has 1 saturated heterocycles. The van der Waals surface area contributed by atoms with Crippen LogP contribution in [0.2, 0.25) is 5.02 Å². The molecule has 120 valence electrons. The van der Waals surface area contributed by atoms with E-state index < -0.39 is 0 Å². The Kier molecular flexibility index (Phi) is 4.99. The fraction of sp³-hybridized carbons (Fsp3) is 0.316. The number of hydrogen-bond acceptors (Lipinski definition) is 2. The first-order valence-electron chi connectivity index (χ1n) is 8.02. The number of likely N-dealkylation sites (tertiary alicyclic amines) is 1. The van der Waals surface area contributed by atoms with Crippen molar-refractivity contribution < 1.29 is 4.79 Å². The molecule has 1 heterocycles. The van der Waals surface area contributed by atoms with E-state index in [4.69, 9.17) is 17.3 Å². The zero-order valence-corrected chi connectivity index (χ0v) is 13.8. The lowest BCUT2D eigenvalue weighted by molar-refractivity contribution is 0.0736. The average molecular weight is 329 g/mol. The van der Waals surface area contributed by atoms with Gasteiger partial charge in [-0.15, -0.1) is 0 Å². The first-order valence-corrected chi connectivity index (χ1v) is 8.40. The Morgan fingerprint density at radius 2 is 1.91 bits per heavy atom. The van der Waals surface area contributed by atoms with Crippen molar-refractivity contribution in [2.24, 2.45) is 5.73 Å². The molecule has 0 spiro atoms. The second kappa shape index (κ2) is 7.16. The number of amides is 1. The number of nitrogens with two attached hydrogens (primary N) is 1. The van der Waals surface area contributed by atoms with Crippen LogP contribution in [0.15, 0.2) is 48.5 Å². The summed E-state index contributed by atoms with van der Waals surface area (Å²) in [7, 11) is 0. The van der Waals surface area contributed by atoms with Gasteiger partial charge in [0.15, 0.2) is 0 Å². The van der Waals surface area contributed by atoms with Gasteiger partial charge in [-0.3, -0.25) is 4.79 Å². The molecule has 1 amide bonds. The van der Waals surface area contributed by atoms with Crippen LogP contribution in [-0.2, 0) is 13.0 Å². The van der Waals surface area contributed by atoms with E-state index in [1.54, 1.807) is 0 Å². The third kappa shape index (κ3) is 3.57. The van der Waals surface area contributed by atoms with E-state index in [-0.39, 0.29) is 11.9 Å². The summed E-state index contributed by atoms with van der Waals surface area (Å²) in [6, 6.07) is 15.7. The predicted molar refractivity (Wildman–Crippen MR) is 93.5 cm³/mol. The van der Waals surface area contributed by atoms with Crippen LogP contribution in [0.1, 0.15) is 34.3 Å². The molecule has 2 aromatic rings. The highest BCUT2D eigenvalue weighted by Crippen LogP contribution is 2.26. The van der Waals surface area contributed by atoms with Gasteiger partial charge in [-0.05, 0) is 48.6 Å². The van der Waals surface area contributed by atoms with Crippen molar-refractivity contribution in [3.8, 4) is 0 Å². The highest BCUT2D eigenvalue weighted by molar-refractivity contribution is 6.31. The van der Waals surface area contributed by atoms with Crippen LogP contribution in [0.3, 0.4) is 0 Å². The maximum atomic E-state index is 12.8. The van der Waals surface area contributed by atoms with Gasteiger partial charge in [0.1, 0.15) is 0 Å². The number of halogens is 1. The lowest BCUT2D eigenvalue weighted by Gasteiger charge is -2.25. The molecule has 3 nitrogen and oxygen atoms in total. The van der Waals surface area contributed by atoms with Gasteiger partial charge in [0.2, 0.25) is 0 Å². The summed E-state index contributed by atoms with van der Waals surface area (Å²) in [6.07, 6.45) is 2.88. The van der Waals surface area contributed by atoms with Crippen LogP contribution in [0, 0.1) is 0 Å². The minimum atomic E-state index is 0.100. The van der Waals surface area contributed by atoms with Crippen LogP contribution in [-0.4, -0.2) is 23.4 Å². The molecule has 0 saturated carbocycles. The van der Waals surface area contributed by atoms with Crippen molar-refractivity contribution in [3.05, 3.63) is 70.2 Å². The summed E-state index contributed by atoms with van der Waals surface area (Å²) in [4.78, 5) is 14.8. The van der Waals surface area contributed by atoms with E-state index >= 15 is 0 Å². The van der Waals surface area contributed by atoms with Crippen LogP contribution in [0.25, 0.3) is 0 Å². The largest absolute Gasteiger partial charge is 0.335 e. The molecule has 1 aliphatic heterocycles. The van der Waals surface area contributed by atoms with Gasteiger partial charge in [0.25, 0.3) is 5.91 Å². The Hall–Kier alpha value is -1.84. The van der Waals surface area contributed by atoms with E-state index in [1.165, 1.54) is 0 Å². The first kappa shape index (κ1) is 16.0. The monoisotopic (exact) mass is 328 g/mol. The summed E-state index contributed by atoms with van der Waals surface area (Å²) in [5.74, 6) is 0.100. The quantitative estimate of drug-likeness (QED) is 0.931. The Bertz CT molecular complexity index is 684. The van der Waals surface area contributed by atoms with Gasteiger partial charge in [-0.25, -0.2) is 0 Å². The number of carbonyl (C=O) groups is 1. The number of nitrogens with zero attached hydrogens (tertiary/aromatic N) is 1. The van der Waals surface area contributed by atoms with E-state index in [2.05, 4.69) is 0 Å². The van der Waals surface area contributed by atoms with Gasteiger partial charge >= 0.3 is 0 Å². The first-order chi connectivity index (χ1) is 11.2. The molecule has 1 unspecified atom stereocenters. The Labute approximate surface area is 142 Å². The van der Waals surface area contributed by atoms with E-state index in [9.17, 15) is 4.79 Å². The summed E-state index contributed by atoms with van der Waals surface area (Å²) >= 11 is 6.27. The Balaban J connectivity index is 1.75. The highest BCUT2D eigenvalue weighted by atomic mass is 35.5. The minimum Gasteiger partial charge on any atom is -0.335 e. The standard InChI is InChI=1S/C19H21ClN2O/c20-18-6-2-1-4-16(18)12-17-5-3-11-22(17)19(23)15-9-7-14(13-21)8-10-15/h1-2,4,6-10,17H,3,5,11-13,21H2. The number of rotatable bonds is 4. The topological polar surface area (TPSA) is 46.3 Å². The van der Waals surface area contributed by atoms with Crippen LogP contribution >= 0.6 is 11.6 Å². The summed E-state index contributed by atoms with van der Waals surface area (Å²) in [5, 5.41) is 0.777. The van der Waals surface area contributed by atoms with Crippen LogP contribution in [0.5, 0.6) is 0 Å². The van der Waals surface area contributed by atoms with Crippen molar-refractivity contribution in [3.63, 3.8) is 0 Å². The molecule has 1 aliphatic rings. The average Bonchev–Trinajstić information content (AvgIpc) is 3.04. The molecule has 4 heteroatoms. The van der Waals surface area contributed by atoms with Crippen molar-refractivity contribution in [2.45, 2.75) is 31.8 Å². The van der Waals surface area contributed by atoms with Gasteiger partial charge in [0, 0.05) is 29.7 Å². The van der Waals surface area contributed by atoms with Crippen molar-refractivity contribution in [1.29, 1.82) is 0 Å². The number of hydrogen-bond donors (Lipinski definition) is 1. The predicted octanol–water partition coefficient (Wildman–Crippen LogP) is 3.65. The van der Waals surface area contributed by atoms with Crippen molar-refractivity contribution in [1.82, 2.24) is 4.90 Å². The lowest BCUT2D eigenvalue weighted by Crippen LogP contribution is -2.36. The fourth-order valence-corrected chi connectivity index (χ4v) is 3.40. The van der Waals surface area contributed by atoms with Crippen LogP contribution < -0.4 is 5.73 Å². The zero-order valence-electron chi connectivity index (χ0n) is 13.0. The van der Waals surface area contributed by atoms with Gasteiger partial charge in [-0.1, -0.05) is 41.9 Å². The molecule has 0 radical (unpaired) electrons. The van der Waals surface area contributed by atoms with E-state index in [0.717, 1.165) is 47.5 Å². The second-order valence-electron chi connectivity index (χ2n) is 5.99. The molecule has 23 heavy (non-hydrogen) atoms. The molecular formula is C19H21ClN2O. The summed E-state index contributed by atoms with van der Waals surface area (Å²) in [5.41, 5.74) is 8.49. The maximum absolute atomic E-state index is 12.8. The molecule has 2 N–H and O–H groups in total. The minimum absolute atomic E-state index is 0.100. The zero-order chi connectivity index (χ0) is 16.2. The molecule has 2 aromatic carbocycles. The second-order valence-corrected chi connectivity index (χ2v) is 6.40. The van der Waals surface area contributed by atoms with Gasteiger partial charge in [0.05, 0.1) is 0 Å². The molecule has 1 atom stereocenters. The summed E-state index contributed by atoms with van der Waals surface area (Å²) < 4.78 is 0. The van der Waals surface area contributed by atoms with Gasteiger partial charge < -0.3 is 10.6 Å². The molecular weight excluding hydrogens is 308 g/mol. The normalized spacial score (nSPS) is 17.5. The molecule has 0 aliphatic carbocycles. The number of benzene rings is 2. The third-order valence-electron chi connectivity index (χ3n) is 4.49.